The summed E-state index contributed by atoms with van der Waals surface area (Å²) in [4.78, 5) is 7.06. The molecule has 2 aromatic heterocycles. The van der Waals surface area contributed by atoms with Crippen molar-refractivity contribution in [3.63, 3.8) is 0 Å². The van der Waals surface area contributed by atoms with E-state index in [4.69, 9.17) is 0 Å². The van der Waals surface area contributed by atoms with Crippen LogP contribution in [0.25, 0.3) is 16.2 Å². The Morgan fingerprint density at radius 2 is 1.88 bits per heavy atom. The first-order valence-electron chi connectivity index (χ1n) is 5.26. The van der Waals surface area contributed by atoms with E-state index in [0.29, 0.717) is 0 Å². The number of aryl methyl sites for hydroxylation is 2. The van der Waals surface area contributed by atoms with E-state index in [2.05, 4.69) is 41.6 Å². The van der Waals surface area contributed by atoms with Gasteiger partial charge in [0.05, 0.1) is 5.69 Å². The smallest absolute Gasteiger partial charge is 0.194 e. The van der Waals surface area contributed by atoms with E-state index in [1.165, 1.54) is 16.1 Å². The van der Waals surface area contributed by atoms with Gasteiger partial charge in [-0.3, -0.25) is 4.40 Å². The molecule has 0 N–H and O–H groups in total. The summed E-state index contributed by atoms with van der Waals surface area (Å²) in [6, 6.07) is 10.3. The maximum Gasteiger partial charge on any atom is 0.194 e. The quantitative estimate of drug-likeness (QED) is 0.621. The van der Waals surface area contributed by atoms with Gasteiger partial charge in [-0.25, -0.2) is 4.98 Å². The van der Waals surface area contributed by atoms with Crippen molar-refractivity contribution in [2.24, 2.45) is 0 Å². The predicted molar refractivity (Wildman–Crippen MR) is 68.0 cm³/mol. The van der Waals surface area contributed by atoms with Crippen LogP contribution in [-0.4, -0.2) is 9.38 Å². The number of fused-ring (bicyclic) bond motifs is 1. The molecule has 2 heterocycles. The molecule has 0 saturated heterocycles. The second-order valence-electron chi connectivity index (χ2n) is 3.91. The molecule has 3 heteroatoms. The van der Waals surface area contributed by atoms with Gasteiger partial charge in [0.1, 0.15) is 0 Å². The topological polar surface area (TPSA) is 17.3 Å². The maximum absolute atomic E-state index is 4.68. The summed E-state index contributed by atoms with van der Waals surface area (Å²) in [7, 11) is 0. The van der Waals surface area contributed by atoms with Gasteiger partial charge in [0.2, 0.25) is 0 Å². The highest BCUT2D eigenvalue weighted by molar-refractivity contribution is 7.17. The van der Waals surface area contributed by atoms with Gasteiger partial charge in [0.25, 0.3) is 0 Å². The zero-order valence-electron chi connectivity index (χ0n) is 9.27. The molecular weight excluding hydrogens is 216 g/mol. The lowest BCUT2D eigenvalue weighted by Gasteiger charge is -1.97. The van der Waals surface area contributed by atoms with Crippen LogP contribution in [0.1, 0.15) is 10.6 Å². The van der Waals surface area contributed by atoms with Gasteiger partial charge < -0.3 is 0 Å². The fourth-order valence-electron chi connectivity index (χ4n) is 1.93. The number of benzene rings is 1. The van der Waals surface area contributed by atoms with Gasteiger partial charge in [-0.15, -0.1) is 11.3 Å². The third kappa shape index (κ3) is 1.36. The zero-order valence-corrected chi connectivity index (χ0v) is 10.1. The first-order chi connectivity index (χ1) is 7.75. The molecule has 2 nitrogen and oxygen atoms in total. The van der Waals surface area contributed by atoms with Crippen molar-refractivity contribution in [3.8, 4) is 11.3 Å². The van der Waals surface area contributed by atoms with Crippen LogP contribution in [0.4, 0.5) is 0 Å². The lowest BCUT2D eigenvalue weighted by atomic mass is 10.1. The van der Waals surface area contributed by atoms with Crippen LogP contribution in [0.5, 0.6) is 0 Å². The maximum atomic E-state index is 4.68. The molecule has 0 spiro atoms. The van der Waals surface area contributed by atoms with Crippen molar-refractivity contribution in [1.29, 1.82) is 0 Å². The number of imidazole rings is 1. The average Bonchev–Trinajstić information content (AvgIpc) is 2.79. The van der Waals surface area contributed by atoms with Crippen LogP contribution in [0.15, 0.2) is 36.5 Å². The lowest BCUT2D eigenvalue weighted by molar-refractivity contribution is 1.13. The second kappa shape index (κ2) is 3.46. The van der Waals surface area contributed by atoms with Crippen molar-refractivity contribution in [2.45, 2.75) is 13.8 Å². The molecule has 80 valence electrons. The van der Waals surface area contributed by atoms with Crippen molar-refractivity contribution in [3.05, 3.63) is 47.1 Å². The third-order valence-electron chi connectivity index (χ3n) is 2.73. The van der Waals surface area contributed by atoms with E-state index in [-0.39, 0.29) is 0 Å². The number of rotatable bonds is 1. The highest BCUT2D eigenvalue weighted by atomic mass is 32.1. The monoisotopic (exact) mass is 228 g/mol. The van der Waals surface area contributed by atoms with Gasteiger partial charge in [-0.05, 0) is 13.8 Å². The van der Waals surface area contributed by atoms with Gasteiger partial charge in [0, 0.05) is 22.3 Å². The van der Waals surface area contributed by atoms with E-state index in [9.17, 15) is 0 Å². The highest BCUT2D eigenvalue weighted by Crippen LogP contribution is 2.27. The minimum Gasteiger partial charge on any atom is -0.294 e. The first-order valence-corrected chi connectivity index (χ1v) is 6.08. The Morgan fingerprint density at radius 1 is 1.12 bits per heavy atom. The summed E-state index contributed by atoms with van der Waals surface area (Å²) >= 11 is 1.73. The lowest BCUT2D eigenvalue weighted by Crippen LogP contribution is -1.84. The minimum atomic E-state index is 1.08. The normalized spacial score (nSPS) is 11.1. The molecule has 0 fully saturated rings. The molecule has 0 aliphatic carbocycles. The molecule has 0 radical (unpaired) electrons. The fraction of sp³-hybridized carbons (Fsp3) is 0.154. The molecule has 0 atom stereocenters. The van der Waals surface area contributed by atoms with E-state index in [0.717, 1.165) is 10.7 Å². The van der Waals surface area contributed by atoms with Crippen LogP contribution in [0.2, 0.25) is 0 Å². The number of thiazole rings is 1. The Balaban J connectivity index is 2.25. The van der Waals surface area contributed by atoms with Crippen molar-refractivity contribution in [2.75, 3.05) is 0 Å². The number of nitrogens with zero attached hydrogens (tertiary/aromatic N) is 2. The van der Waals surface area contributed by atoms with Gasteiger partial charge in [-0.1, -0.05) is 30.3 Å². The zero-order chi connectivity index (χ0) is 11.1. The minimum absolute atomic E-state index is 1.08. The molecule has 0 aliphatic rings. The van der Waals surface area contributed by atoms with Crippen LogP contribution < -0.4 is 0 Å². The highest BCUT2D eigenvalue weighted by Gasteiger charge is 2.11. The SMILES string of the molecule is Cc1cn2c(C)c(-c3ccccc3)nc2s1. The van der Waals surface area contributed by atoms with Crippen LogP contribution in [0.3, 0.4) is 0 Å². The van der Waals surface area contributed by atoms with Crippen LogP contribution in [0, 0.1) is 13.8 Å². The number of hydrogen-bond acceptors (Lipinski definition) is 2. The van der Waals surface area contributed by atoms with E-state index >= 15 is 0 Å². The molecule has 0 aliphatic heterocycles. The average molecular weight is 228 g/mol. The summed E-state index contributed by atoms with van der Waals surface area (Å²) in [6.07, 6.45) is 2.15. The van der Waals surface area contributed by atoms with Crippen molar-refractivity contribution >= 4 is 16.3 Å². The summed E-state index contributed by atoms with van der Waals surface area (Å²) in [6.45, 7) is 4.23. The molecule has 3 rings (SSSR count). The number of aromatic nitrogens is 2. The van der Waals surface area contributed by atoms with Crippen molar-refractivity contribution < 1.29 is 0 Å². The standard InChI is InChI=1S/C13H12N2S/c1-9-8-15-10(2)12(14-13(15)16-9)11-6-4-3-5-7-11/h3-8H,1-2H3. The Bertz CT molecular complexity index is 635. The predicted octanol–water partition coefficient (Wildman–Crippen LogP) is 3.68. The van der Waals surface area contributed by atoms with Crippen LogP contribution in [-0.2, 0) is 0 Å². The summed E-state index contributed by atoms with van der Waals surface area (Å²) in [5.74, 6) is 0. The Kier molecular flexibility index (Phi) is 2.07. The number of hydrogen-bond donors (Lipinski definition) is 0. The summed E-state index contributed by atoms with van der Waals surface area (Å²) in [5.41, 5.74) is 3.49. The molecule has 0 bridgehead atoms. The Hall–Kier alpha value is -1.61. The molecule has 16 heavy (non-hydrogen) atoms. The summed E-state index contributed by atoms with van der Waals surface area (Å²) < 4.78 is 2.17. The van der Waals surface area contributed by atoms with E-state index in [1.807, 2.05) is 18.2 Å². The molecule has 0 saturated carbocycles. The Morgan fingerprint density at radius 3 is 2.56 bits per heavy atom. The second-order valence-corrected chi connectivity index (χ2v) is 5.12. The first kappa shape index (κ1) is 9.60. The Labute approximate surface area is 98.2 Å². The molecule has 3 aromatic rings. The molecule has 1 aromatic carbocycles. The fourth-order valence-corrected chi connectivity index (χ4v) is 2.80. The van der Waals surface area contributed by atoms with Crippen LogP contribution >= 0.6 is 11.3 Å². The molecule has 0 unspecified atom stereocenters. The third-order valence-corrected chi connectivity index (χ3v) is 3.63. The molecule has 0 amide bonds. The van der Waals surface area contributed by atoms with Crippen molar-refractivity contribution in [1.82, 2.24) is 9.38 Å². The van der Waals surface area contributed by atoms with Gasteiger partial charge in [-0.2, -0.15) is 0 Å². The summed E-state index contributed by atoms with van der Waals surface area (Å²) in [5, 5.41) is 0. The van der Waals surface area contributed by atoms with Gasteiger partial charge in [0.15, 0.2) is 4.96 Å². The molecular formula is C13H12N2S. The largest absolute Gasteiger partial charge is 0.294 e. The van der Waals surface area contributed by atoms with E-state index < -0.39 is 0 Å². The van der Waals surface area contributed by atoms with Gasteiger partial charge >= 0.3 is 0 Å². The van der Waals surface area contributed by atoms with E-state index in [1.54, 1.807) is 11.3 Å².